The number of amides is 1. The van der Waals surface area contributed by atoms with Gasteiger partial charge in [-0.2, -0.15) is 0 Å². The normalized spacial score (nSPS) is 11.9. The number of carbonyl (C=O) groups is 1. The Hall–Kier alpha value is -2.37. The van der Waals surface area contributed by atoms with E-state index < -0.39 is 11.9 Å². The number of nitrogens with one attached hydrogen (secondary N) is 1. The van der Waals surface area contributed by atoms with E-state index in [0.29, 0.717) is 13.0 Å². The van der Waals surface area contributed by atoms with E-state index in [4.69, 9.17) is 4.74 Å². The Morgan fingerprint density at radius 1 is 1.45 bits per heavy atom. The summed E-state index contributed by atoms with van der Waals surface area (Å²) in [6, 6.07) is 6.09. The van der Waals surface area contributed by atoms with Crippen LogP contribution in [0, 0.1) is 5.82 Å². The van der Waals surface area contributed by atoms with Crippen LogP contribution in [0.4, 0.5) is 4.39 Å². The van der Waals surface area contributed by atoms with Crippen molar-refractivity contribution in [3.8, 4) is 5.75 Å². The summed E-state index contributed by atoms with van der Waals surface area (Å²) < 4.78 is 20.9. The van der Waals surface area contributed by atoms with Crippen molar-refractivity contribution in [2.24, 2.45) is 0 Å². The smallest absolute Gasteiger partial charge is 0.261 e. The van der Waals surface area contributed by atoms with Crippen LogP contribution in [0.2, 0.25) is 0 Å². The van der Waals surface area contributed by atoms with Crippen LogP contribution in [-0.2, 0) is 11.3 Å². The van der Waals surface area contributed by atoms with Gasteiger partial charge < -0.3 is 14.6 Å². The van der Waals surface area contributed by atoms with Crippen molar-refractivity contribution in [1.82, 2.24) is 14.9 Å². The van der Waals surface area contributed by atoms with Crippen molar-refractivity contribution in [2.75, 3.05) is 6.54 Å². The number of rotatable bonds is 8. The van der Waals surface area contributed by atoms with Crippen LogP contribution < -0.4 is 10.1 Å². The number of hydrogen-bond acceptors (Lipinski definition) is 3. The highest BCUT2D eigenvalue weighted by Gasteiger charge is 2.19. The Morgan fingerprint density at radius 2 is 2.27 bits per heavy atom. The van der Waals surface area contributed by atoms with Gasteiger partial charge in [0.05, 0.1) is 6.33 Å². The molecule has 0 radical (unpaired) electrons. The number of benzene rings is 1. The van der Waals surface area contributed by atoms with Gasteiger partial charge in [0, 0.05) is 25.5 Å². The van der Waals surface area contributed by atoms with Crippen molar-refractivity contribution in [1.29, 1.82) is 0 Å². The molecule has 1 N–H and O–H groups in total. The minimum atomic E-state index is -0.690. The molecule has 1 aromatic heterocycles. The third kappa shape index (κ3) is 4.58. The van der Waals surface area contributed by atoms with E-state index in [-0.39, 0.29) is 11.7 Å². The molecule has 1 amide bonds. The molecule has 0 fully saturated rings. The maximum atomic E-state index is 13.5. The highest BCUT2D eigenvalue weighted by molar-refractivity contribution is 5.81. The van der Waals surface area contributed by atoms with Crippen LogP contribution in [0.25, 0.3) is 0 Å². The number of halogens is 1. The zero-order chi connectivity index (χ0) is 15.8. The second kappa shape index (κ2) is 8.17. The lowest BCUT2D eigenvalue weighted by Crippen LogP contribution is -2.38. The highest BCUT2D eigenvalue weighted by atomic mass is 19.1. The summed E-state index contributed by atoms with van der Waals surface area (Å²) in [5, 5.41) is 2.82. The molecule has 22 heavy (non-hydrogen) atoms. The van der Waals surface area contributed by atoms with E-state index in [1.807, 2.05) is 17.7 Å². The molecule has 0 aliphatic rings. The summed E-state index contributed by atoms with van der Waals surface area (Å²) in [6.45, 7) is 3.15. The molecule has 0 aliphatic heterocycles. The summed E-state index contributed by atoms with van der Waals surface area (Å²) in [6.07, 6.45) is 5.90. The zero-order valence-electron chi connectivity index (χ0n) is 12.5. The molecule has 0 saturated heterocycles. The van der Waals surface area contributed by atoms with Gasteiger partial charge in [-0.15, -0.1) is 0 Å². The van der Waals surface area contributed by atoms with Crippen molar-refractivity contribution in [3.63, 3.8) is 0 Å². The number of nitrogens with zero attached hydrogens (tertiary/aromatic N) is 2. The molecule has 6 heteroatoms. The van der Waals surface area contributed by atoms with E-state index >= 15 is 0 Å². The molecule has 1 aromatic carbocycles. The van der Waals surface area contributed by atoms with Crippen LogP contribution in [0.15, 0.2) is 43.0 Å². The average Bonchev–Trinajstić information content (AvgIpc) is 3.04. The molecule has 118 valence electrons. The molecule has 1 atom stereocenters. The van der Waals surface area contributed by atoms with Gasteiger partial charge >= 0.3 is 0 Å². The van der Waals surface area contributed by atoms with Crippen LogP contribution in [0.1, 0.15) is 19.8 Å². The third-order valence-corrected chi connectivity index (χ3v) is 3.22. The van der Waals surface area contributed by atoms with Crippen molar-refractivity contribution < 1.29 is 13.9 Å². The maximum absolute atomic E-state index is 13.5. The number of aryl methyl sites for hydroxylation is 1. The Balaban J connectivity index is 1.77. The first-order valence-corrected chi connectivity index (χ1v) is 7.35. The molecular weight excluding hydrogens is 285 g/mol. The zero-order valence-corrected chi connectivity index (χ0v) is 12.5. The van der Waals surface area contributed by atoms with Crippen molar-refractivity contribution >= 4 is 5.91 Å². The first kappa shape index (κ1) is 16.0. The fourth-order valence-electron chi connectivity index (χ4n) is 2.02. The van der Waals surface area contributed by atoms with Crippen LogP contribution in [0.5, 0.6) is 5.75 Å². The SMILES string of the molecule is CC[C@@H](Oc1ccccc1F)C(=O)NCCCn1ccnc1. The number of aromatic nitrogens is 2. The number of para-hydroxylation sites is 1. The Bertz CT molecular complexity index is 587. The number of ether oxygens (including phenoxy) is 1. The quantitative estimate of drug-likeness (QED) is 0.762. The molecule has 2 aromatic rings. The van der Waals surface area contributed by atoms with E-state index in [9.17, 15) is 9.18 Å². The summed E-state index contributed by atoms with van der Waals surface area (Å²) in [5.41, 5.74) is 0. The Morgan fingerprint density at radius 3 is 2.95 bits per heavy atom. The topological polar surface area (TPSA) is 56.1 Å². The van der Waals surface area contributed by atoms with Gasteiger partial charge in [-0.05, 0) is 25.0 Å². The van der Waals surface area contributed by atoms with Gasteiger partial charge in [0.1, 0.15) is 0 Å². The van der Waals surface area contributed by atoms with Gasteiger partial charge in [0.15, 0.2) is 17.7 Å². The molecule has 2 rings (SSSR count). The Labute approximate surface area is 129 Å². The predicted octanol–water partition coefficient (Wildman–Crippen LogP) is 2.39. The molecule has 0 unspecified atom stereocenters. The van der Waals surface area contributed by atoms with Gasteiger partial charge in [-0.1, -0.05) is 19.1 Å². The summed E-state index contributed by atoms with van der Waals surface area (Å²) in [5.74, 6) is -0.590. The van der Waals surface area contributed by atoms with Gasteiger partial charge in [-0.3, -0.25) is 4.79 Å². The maximum Gasteiger partial charge on any atom is 0.261 e. The summed E-state index contributed by atoms with van der Waals surface area (Å²) in [4.78, 5) is 16.0. The lowest BCUT2D eigenvalue weighted by atomic mass is 10.2. The fraction of sp³-hybridized carbons (Fsp3) is 0.375. The molecule has 5 nitrogen and oxygen atoms in total. The predicted molar refractivity (Wildman–Crippen MR) is 81.0 cm³/mol. The molecule has 1 heterocycles. The number of imidazole rings is 1. The number of hydrogen-bond donors (Lipinski definition) is 1. The first-order valence-electron chi connectivity index (χ1n) is 7.35. The van der Waals surface area contributed by atoms with Gasteiger partial charge in [0.2, 0.25) is 0 Å². The Kier molecular flexibility index (Phi) is 5.94. The molecule has 0 bridgehead atoms. The van der Waals surface area contributed by atoms with E-state index in [0.717, 1.165) is 13.0 Å². The molecule has 0 saturated carbocycles. The molecule has 0 aliphatic carbocycles. The van der Waals surface area contributed by atoms with E-state index in [1.165, 1.54) is 12.1 Å². The lowest BCUT2D eigenvalue weighted by Gasteiger charge is -2.17. The van der Waals surface area contributed by atoms with Crippen LogP contribution in [-0.4, -0.2) is 28.1 Å². The standard InChI is InChI=1S/C16H20FN3O2/c1-2-14(22-15-7-4-3-6-13(15)17)16(21)19-8-5-10-20-11-9-18-12-20/h3-4,6-7,9,11-12,14H,2,5,8,10H2,1H3,(H,19,21)/t14-/m1/s1. The average molecular weight is 305 g/mol. The van der Waals surface area contributed by atoms with Gasteiger partial charge in [-0.25, -0.2) is 9.37 Å². The molecule has 0 spiro atoms. The highest BCUT2D eigenvalue weighted by Crippen LogP contribution is 2.18. The first-order chi connectivity index (χ1) is 10.7. The number of carbonyl (C=O) groups excluding carboxylic acids is 1. The minimum Gasteiger partial charge on any atom is -0.478 e. The van der Waals surface area contributed by atoms with Crippen molar-refractivity contribution in [2.45, 2.75) is 32.4 Å². The second-order valence-electron chi connectivity index (χ2n) is 4.89. The lowest BCUT2D eigenvalue weighted by molar-refractivity contribution is -0.128. The van der Waals surface area contributed by atoms with E-state index in [2.05, 4.69) is 10.3 Å². The minimum absolute atomic E-state index is 0.0999. The largest absolute Gasteiger partial charge is 0.478 e. The van der Waals surface area contributed by atoms with Gasteiger partial charge in [0.25, 0.3) is 5.91 Å². The van der Waals surface area contributed by atoms with E-state index in [1.54, 1.807) is 24.7 Å². The summed E-state index contributed by atoms with van der Waals surface area (Å²) in [7, 11) is 0. The van der Waals surface area contributed by atoms with Crippen LogP contribution >= 0.6 is 0 Å². The fourth-order valence-corrected chi connectivity index (χ4v) is 2.02. The summed E-state index contributed by atoms with van der Waals surface area (Å²) >= 11 is 0. The van der Waals surface area contributed by atoms with Crippen LogP contribution in [0.3, 0.4) is 0 Å². The van der Waals surface area contributed by atoms with Crippen molar-refractivity contribution in [3.05, 3.63) is 48.8 Å². The third-order valence-electron chi connectivity index (χ3n) is 3.22. The second-order valence-corrected chi connectivity index (χ2v) is 4.89. The molecular formula is C16H20FN3O2. The monoisotopic (exact) mass is 305 g/mol.